The molecule has 7 rings (SSSR count). The molecular weight excluding hydrogens is 634 g/mol. The molecule has 1 unspecified atom stereocenters. The first-order valence-corrected chi connectivity index (χ1v) is 16.3. The number of pyridine rings is 1. The van der Waals surface area contributed by atoms with E-state index in [1.165, 1.54) is 0 Å². The average Bonchev–Trinajstić information content (AvgIpc) is 3.85. The van der Waals surface area contributed by atoms with Crippen molar-refractivity contribution < 1.29 is 19.1 Å². The van der Waals surface area contributed by atoms with Crippen molar-refractivity contribution in [3.8, 4) is 16.9 Å². The molecule has 0 bridgehead atoms. The second kappa shape index (κ2) is 15.7. The molecule has 1 aromatic carbocycles. The Kier molecular flexibility index (Phi) is 11.5. The summed E-state index contributed by atoms with van der Waals surface area (Å²) < 4.78 is 8.41. The Labute approximate surface area is 294 Å². The van der Waals surface area contributed by atoms with Crippen LogP contribution in [-0.2, 0) is 10.1 Å². The number of ether oxygens (including phenoxy) is 1. The molecule has 3 aromatic heterocycles. The number of amides is 1. The van der Waals surface area contributed by atoms with Crippen molar-refractivity contribution in [2.75, 3.05) is 51.9 Å². The molecule has 4 N–H and O–H groups in total. The number of fused-ring (bicyclic) bond motifs is 3. The van der Waals surface area contributed by atoms with E-state index in [9.17, 15) is 14.4 Å². The highest BCUT2D eigenvalue weighted by Gasteiger charge is 2.42. The van der Waals surface area contributed by atoms with Gasteiger partial charge in [0.15, 0.2) is 24.1 Å². The lowest BCUT2D eigenvalue weighted by molar-refractivity contribution is -0.117. The molecule has 2 fully saturated rings. The van der Waals surface area contributed by atoms with Crippen molar-refractivity contribution in [3.05, 3.63) is 71.4 Å². The first-order valence-electron chi connectivity index (χ1n) is 16.3. The molecular formula is C34H40B2N10O4. The van der Waals surface area contributed by atoms with E-state index < -0.39 is 5.34 Å². The molecule has 1 atom stereocenters. The van der Waals surface area contributed by atoms with Gasteiger partial charge in [-0.15, -0.1) is 10.2 Å². The third-order valence-corrected chi connectivity index (χ3v) is 8.25. The number of para-hydroxylation sites is 1. The van der Waals surface area contributed by atoms with E-state index in [0.717, 1.165) is 29.7 Å². The van der Waals surface area contributed by atoms with Gasteiger partial charge in [0.2, 0.25) is 5.91 Å². The molecule has 4 radical (unpaired) electrons. The molecule has 1 amide bonds. The van der Waals surface area contributed by atoms with Crippen molar-refractivity contribution in [1.29, 1.82) is 0 Å². The number of likely N-dealkylation sites (tertiary alicyclic amines) is 1. The van der Waals surface area contributed by atoms with Crippen molar-refractivity contribution >= 4 is 51.4 Å². The summed E-state index contributed by atoms with van der Waals surface area (Å²) in [5.74, 6) is 0.755. The predicted molar refractivity (Wildman–Crippen MR) is 192 cm³/mol. The summed E-state index contributed by atoms with van der Waals surface area (Å²) in [4.78, 5) is 41.4. The van der Waals surface area contributed by atoms with Gasteiger partial charge < -0.3 is 30.9 Å². The molecule has 16 heteroatoms. The summed E-state index contributed by atoms with van der Waals surface area (Å²) in [6, 6.07) is 12.3. The predicted octanol–water partition coefficient (Wildman–Crippen LogP) is 2.58. The fourth-order valence-corrected chi connectivity index (χ4v) is 5.67. The number of aldehydes is 2. The Morgan fingerprint density at radius 1 is 0.960 bits per heavy atom. The largest absolute Gasteiger partial charge is 0.482 e. The number of nitrogens with zero attached hydrogens (tertiary/aromatic N) is 6. The lowest BCUT2D eigenvalue weighted by Crippen LogP contribution is -2.60. The summed E-state index contributed by atoms with van der Waals surface area (Å²) in [6.45, 7) is 3.01. The van der Waals surface area contributed by atoms with Gasteiger partial charge in [-0.25, -0.2) is 4.98 Å². The first kappa shape index (κ1) is 36.4. The van der Waals surface area contributed by atoms with Gasteiger partial charge in [-0.2, -0.15) is 5.10 Å². The molecule has 14 nitrogen and oxygen atoms in total. The fraction of sp³-hybridized carbons (Fsp3) is 0.382. The number of rotatable bonds is 9. The van der Waals surface area contributed by atoms with Crippen molar-refractivity contribution in [3.63, 3.8) is 0 Å². The number of hydrogen-bond donors (Lipinski definition) is 4. The quantitative estimate of drug-likeness (QED) is 0.152. The van der Waals surface area contributed by atoms with E-state index >= 15 is 0 Å². The fourth-order valence-electron chi connectivity index (χ4n) is 5.67. The summed E-state index contributed by atoms with van der Waals surface area (Å²) in [5.41, 5.74) is 4.47. The van der Waals surface area contributed by atoms with Gasteiger partial charge in [-0.3, -0.25) is 19.1 Å². The van der Waals surface area contributed by atoms with Gasteiger partial charge in [0.1, 0.15) is 17.5 Å². The van der Waals surface area contributed by atoms with Gasteiger partial charge in [-0.05, 0) is 71.5 Å². The van der Waals surface area contributed by atoms with E-state index in [2.05, 4.69) is 36.4 Å². The van der Waals surface area contributed by atoms with Gasteiger partial charge >= 0.3 is 0 Å². The van der Waals surface area contributed by atoms with Crippen LogP contribution in [0.25, 0.3) is 11.1 Å². The number of nitrogens with one attached hydrogen (secondary N) is 4. The lowest BCUT2D eigenvalue weighted by Gasteiger charge is -2.50. The smallest absolute Gasteiger partial charge is 0.228 e. The van der Waals surface area contributed by atoms with E-state index in [0.29, 0.717) is 48.5 Å². The zero-order chi connectivity index (χ0) is 36.0. The van der Waals surface area contributed by atoms with Crippen LogP contribution in [0, 0.1) is 5.92 Å². The van der Waals surface area contributed by atoms with E-state index in [4.69, 9.17) is 25.5 Å². The molecule has 5 heterocycles. The van der Waals surface area contributed by atoms with Gasteiger partial charge in [0.05, 0.1) is 45.0 Å². The van der Waals surface area contributed by atoms with E-state index in [1.54, 1.807) is 24.3 Å². The molecule has 256 valence electrons. The highest BCUT2D eigenvalue weighted by molar-refractivity contribution is 6.39. The van der Waals surface area contributed by atoms with Gasteiger partial charge in [-0.1, -0.05) is 18.2 Å². The van der Waals surface area contributed by atoms with Crippen LogP contribution in [0.15, 0.2) is 48.7 Å². The third kappa shape index (κ3) is 7.62. The number of carbonyl (C=O) groups is 3. The molecule has 50 heavy (non-hydrogen) atoms. The van der Waals surface area contributed by atoms with Crippen LogP contribution in [0.1, 0.15) is 64.3 Å². The molecule has 1 saturated carbocycles. The Bertz CT molecular complexity index is 1840. The van der Waals surface area contributed by atoms with Gasteiger partial charge in [0, 0.05) is 41.9 Å². The lowest BCUT2D eigenvalue weighted by atomic mass is 9.57. The van der Waals surface area contributed by atoms with Crippen molar-refractivity contribution in [2.24, 2.45) is 5.92 Å². The Hall–Kier alpha value is -4.92. The number of carbonyl (C=O) groups excluding carboxylic acids is 3. The molecule has 1 aliphatic carbocycles. The van der Waals surface area contributed by atoms with Crippen LogP contribution < -0.4 is 26.0 Å². The SMILES string of the molecule is CNC.CNC.[B]C([B])(c1cccc(C=O)n1)N1CC(n2ncc3c2C(C)Oc2c(Nc4cc(NC(=O)C5CC5)nnc4C=O)cccc2-3)C1. The Morgan fingerprint density at radius 3 is 2.32 bits per heavy atom. The van der Waals surface area contributed by atoms with Crippen LogP contribution in [0.4, 0.5) is 17.2 Å². The Morgan fingerprint density at radius 2 is 1.66 bits per heavy atom. The Balaban J connectivity index is 0.000000758. The summed E-state index contributed by atoms with van der Waals surface area (Å²) in [6.07, 6.45) is 4.46. The van der Waals surface area contributed by atoms with Crippen molar-refractivity contribution in [2.45, 2.75) is 37.2 Å². The summed E-state index contributed by atoms with van der Waals surface area (Å²) in [5, 5.41) is 22.9. The molecule has 1 saturated heterocycles. The van der Waals surface area contributed by atoms with Crippen LogP contribution in [0.2, 0.25) is 0 Å². The first-order chi connectivity index (χ1) is 24.1. The number of aromatic nitrogens is 5. The average molecular weight is 674 g/mol. The topological polar surface area (TPSA) is 168 Å². The molecule has 0 spiro atoms. The maximum absolute atomic E-state index is 12.2. The number of anilines is 3. The maximum Gasteiger partial charge on any atom is 0.228 e. The highest BCUT2D eigenvalue weighted by atomic mass is 16.5. The van der Waals surface area contributed by atoms with E-state index in [1.807, 2.05) is 69.1 Å². The van der Waals surface area contributed by atoms with Gasteiger partial charge in [0.25, 0.3) is 0 Å². The second-order valence-electron chi connectivity index (χ2n) is 12.3. The van der Waals surface area contributed by atoms with Crippen LogP contribution in [0.5, 0.6) is 5.75 Å². The zero-order valence-corrected chi connectivity index (χ0v) is 28.8. The minimum atomic E-state index is -1.35. The molecule has 4 aromatic rings. The maximum atomic E-state index is 12.2. The van der Waals surface area contributed by atoms with E-state index in [-0.39, 0.29) is 41.2 Å². The minimum absolute atomic E-state index is 0.00115. The highest BCUT2D eigenvalue weighted by Crippen LogP contribution is 2.48. The van der Waals surface area contributed by atoms with Crippen LogP contribution in [0.3, 0.4) is 0 Å². The number of benzene rings is 1. The molecule has 3 aliphatic rings. The summed E-state index contributed by atoms with van der Waals surface area (Å²) >= 11 is 0. The van der Waals surface area contributed by atoms with Crippen LogP contribution >= 0.6 is 0 Å². The zero-order valence-electron chi connectivity index (χ0n) is 28.8. The number of hydrogen-bond acceptors (Lipinski definition) is 12. The minimum Gasteiger partial charge on any atom is -0.482 e. The monoisotopic (exact) mass is 674 g/mol. The third-order valence-electron chi connectivity index (χ3n) is 8.25. The molecule has 2 aliphatic heterocycles. The summed E-state index contributed by atoms with van der Waals surface area (Å²) in [7, 11) is 20.4. The van der Waals surface area contributed by atoms with Crippen LogP contribution in [-0.4, -0.2) is 105 Å². The second-order valence-corrected chi connectivity index (χ2v) is 12.3. The standard InChI is InChI=1S/C30H26B2N8O4.2C2H7N/c1-16-27-21(11-33-40(27)19-12-39(13-19)30(31,32)25-7-2-4-18(14-41)34-25)20-5-3-6-22(28(20)44-16)35-23-10-26(38-37-24(23)15-42)36-29(43)17-8-9-17;2*1-3-2/h2-7,10-11,14-17,19H,8-9,12-13H2,1H3,(H2,35,36,38,43);2*3H,1-2H3. The normalized spacial score (nSPS) is 16.5. The van der Waals surface area contributed by atoms with Crippen molar-refractivity contribution in [1.82, 2.24) is 40.5 Å².